The summed E-state index contributed by atoms with van der Waals surface area (Å²) in [5, 5.41) is 8.84. The van der Waals surface area contributed by atoms with E-state index in [9.17, 15) is 18.0 Å². The van der Waals surface area contributed by atoms with Gasteiger partial charge >= 0.3 is 6.03 Å². The van der Waals surface area contributed by atoms with E-state index in [1.165, 1.54) is 11.1 Å². The largest absolute Gasteiger partial charge is 0.388 e. The molecule has 3 aromatic rings. The molecule has 0 fully saturated rings. The van der Waals surface area contributed by atoms with Gasteiger partial charge in [-0.15, -0.1) is 0 Å². The van der Waals surface area contributed by atoms with E-state index in [1.807, 2.05) is 20.0 Å². The molecular weight excluding hydrogens is 486 g/mol. The highest BCUT2D eigenvalue weighted by atomic mass is 35.5. The van der Waals surface area contributed by atoms with E-state index >= 15 is 0 Å². The van der Waals surface area contributed by atoms with E-state index < -0.39 is 21.9 Å². The molecule has 0 aromatic heterocycles. The van der Waals surface area contributed by atoms with Crippen molar-refractivity contribution >= 4 is 45.1 Å². The Kier molecular flexibility index (Phi) is 13.2. The number of rotatable bonds is 6. The van der Waals surface area contributed by atoms with Crippen molar-refractivity contribution in [2.24, 2.45) is 0 Å². The van der Waals surface area contributed by atoms with E-state index in [0.29, 0.717) is 23.4 Å². The summed E-state index contributed by atoms with van der Waals surface area (Å²) in [5.74, 6) is 0. The molecule has 1 atom stereocenters. The van der Waals surface area contributed by atoms with E-state index in [4.69, 9.17) is 11.6 Å². The van der Waals surface area contributed by atoms with Crippen LogP contribution in [0, 0.1) is 0 Å². The predicted octanol–water partition coefficient (Wildman–Crippen LogP) is 5.50. The molecule has 0 aliphatic carbocycles. The molecule has 7 nitrogen and oxygen atoms in total. The van der Waals surface area contributed by atoms with Crippen LogP contribution in [0.25, 0.3) is 11.1 Å². The number of urea groups is 1. The monoisotopic (exact) mass is 517 g/mol. The Bertz CT molecular complexity index is 1130. The Morgan fingerprint density at radius 1 is 0.886 bits per heavy atom. The van der Waals surface area contributed by atoms with Crippen molar-refractivity contribution < 1.29 is 18.0 Å². The lowest BCUT2D eigenvalue weighted by Gasteiger charge is -2.11. The number of benzene rings is 3. The number of sulfone groups is 1. The van der Waals surface area contributed by atoms with Crippen LogP contribution in [0.5, 0.6) is 0 Å². The highest BCUT2D eigenvalue weighted by Gasteiger charge is 2.08. The van der Waals surface area contributed by atoms with Crippen molar-refractivity contribution in [3.8, 4) is 11.1 Å². The second kappa shape index (κ2) is 15.5. The van der Waals surface area contributed by atoms with Crippen molar-refractivity contribution in [1.29, 1.82) is 0 Å². The third kappa shape index (κ3) is 13.8. The molecule has 0 aliphatic rings. The summed E-state index contributed by atoms with van der Waals surface area (Å²) in [4.78, 5) is 21.9. The summed E-state index contributed by atoms with van der Waals surface area (Å²) in [6.07, 6.45) is 3.60. The number of anilines is 2. The van der Waals surface area contributed by atoms with E-state index in [0.717, 1.165) is 18.2 Å². The van der Waals surface area contributed by atoms with Crippen molar-refractivity contribution in [3.63, 3.8) is 0 Å². The van der Waals surface area contributed by atoms with Gasteiger partial charge in [-0.25, -0.2) is 13.2 Å². The molecule has 0 saturated carbocycles. The van der Waals surface area contributed by atoms with E-state index in [1.54, 1.807) is 24.3 Å². The molecule has 9 heteroatoms. The van der Waals surface area contributed by atoms with Gasteiger partial charge in [0.15, 0.2) is 0 Å². The normalized spacial score (nSPS) is 10.9. The molecule has 0 spiro atoms. The van der Waals surface area contributed by atoms with Gasteiger partial charge in [0.25, 0.3) is 0 Å². The fourth-order valence-electron chi connectivity index (χ4n) is 2.56. The second-order valence-electron chi connectivity index (χ2n) is 7.59. The van der Waals surface area contributed by atoms with Gasteiger partial charge in [0.2, 0.25) is 0 Å². The molecule has 0 unspecified atom stereocenters. The lowest BCUT2D eigenvalue weighted by Crippen LogP contribution is -2.38. The highest BCUT2D eigenvalue weighted by molar-refractivity contribution is 7.89. The van der Waals surface area contributed by atoms with Gasteiger partial charge in [-0.1, -0.05) is 61.0 Å². The predicted molar refractivity (Wildman–Crippen MR) is 146 cm³/mol. The lowest BCUT2D eigenvalue weighted by atomic mass is 10.1. The number of halogens is 1. The summed E-state index contributed by atoms with van der Waals surface area (Å²) in [6, 6.07) is 24.7. The Morgan fingerprint density at radius 2 is 1.37 bits per heavy atom. The fourth-order valence-corrected chi connectivity index (χ4v) is 2.69. The van der Waals surface area contributed by atoms with Crippen LogP contribution < -0.4 is 16.0 Å². The van der Waals surface area contributed by atoms with Crippen LogP contribution >= 0.6 is 11.6 Å². The Balaban J connectivity index is 0.000000296. The minimum Gasteiger partial charge on any atom is -0.388 e. The lowest BCUT2D eigenvalue weighted by molar-refractivity contribution is -0.109. The zero-order chi connectivity index (χ0) is 26.3. The third-order valence-electron chi connectivity index (χ3n) is 4.30. The van der Waals surface area contributed by atoms with Crippen LogP contribution in [0.1, 0.15) is 13.3 Å². The van der Waals surface area contributed by atoms with Gasteiger partial charge < -0.3 is 20.7 Å². The maximum atomic E-state index is 11.4. The van der Waals surface area contributed by atoms with Crippen LogP contribution in [0.15, 0.2) is 78.9 Å². The summed E-state index contributed by atoms with van der Waals surface area (Å²) in [6.45, 7) is 1.82. The molecule has 0 heterocycles. The first-order valence-corrected chi connectivity index (χ1v) is 13.5. The first-order valence-electron chi connectivity index (χ1n) is 10.8. The minimum absolute atomic E-state index is 0.402. The molecule has 3 aromatic carbocycles. The van der Waals surface area contributed by atoms with E-state index in [2.05, 4.69) is 64.5 Å². The van der Waals surface area contributed by atoms with Crippen LogP contribution in [0.3, 0.4) is 0 Å². The summed E-state index contributed by atoms with van der Waals surface area (Å²) in [5.41, 5.74) is 4.28. The van der Waals surface area contributed by atoms with Gasteiger partial charge in [0.05, 0.1) is 6.04 Å². The fraction of sp³-hybridized carbons (Fsp3) is 0.231. The second-order valence-corrected chi connectivity index (χ2v) is 10.3. The SMILES string of the molecule is CC[C@H](C=O)NC(=O)Nc1ccc(Cl)cc1.CNc1ccc(-c2ccccc2)cc1.CS(C)(=O)=O. The quantitative estimate of drug-likeness (QED) is 0.375. The minimum atomic E-state index is -2.67. The molecule has 3 N–H and O–H groups in total. The summed E-state index contributed by atoms with van der Waals surface area (Å²) >= 11 is 5.70. The van der Waals surface area contributed by atoms with Crippen molar-refractivity contribution in [1.82, 2.24) is 5.32 Å². The molecule has 2 amide bonds. The number of hydrogen-bond acceptors (Lipinski definition) is 5. The van der Waals surface area contributed by atoms with Gasteiger partial charge in [0, 0.05) is 36.0 Å². The van der Waals surface area contributed by atoms with Crippen LogP contribution in [0.2, 0.25) is 5.02 Å². The Hall–Kier alpha value is -3.36. The van der Waals surface area contributed by atoms with Gasteiger partial charge in [-0.2, -0.15) is 0 Å². The van der Waals surface area contributed by atoms with Crippen LogP contribution in [0.4, 0.5) is 16.2 Å². The Labute approximate surface area is 212 Å². The maximum Gasteiger partial charge on any atom is 0.319 e. The van der Waals surface area contributed by atoms with Gasteiger partial charge in [0.1, 0.15) is 16.1 Å². The molecular formula is C26H32ClN3O4S. The molecule has 0 aliphatic heterocycles. The zero-order valence-electron chi connectivity index (χ0n) is 20.3. The first kappa shape index (κ1) is 29.7. The van der Waals surface area contributed by atoms with Crippen LogP contribution in [-0.2, 0) is 14.6 Å². The van der Waals surface area contributed by atoms with Crippen molar-refractivity contribution in [2.75, 3.05) is 30.2 Å². The number of nitrogens with one attached hydrogen (secondary N) is 3. The number of aldehydes is 1. The number of hydrogen-bond donors (Lipinski definition) is 3. The number of amides is 2. The highest BCUT2D eigenvalue weighted by Crippen LogP contribution is 2.20. The standard InChI is InChI=1S/C13H13N.C11H13ClN2O2.C2H6O2S/c1-14-13-9-7-12(8-10-13)11-5-3-2-4-6-11;1-2-9(7-15)13-11(16)14-10-5-3-8(12)4-6-10;1-5(2,3)4/h2-10,14H,1H3;3-7,9H,2H2,1H3,(H2,13,14,16);1-2H3/t;9-;/m.1./s1. The molecule has 0 bridgehead atoms. The first-order chi connectivity index (χ1) is 16.5. The summed E-state index contributed by atoms with van der Waals surface area (Å²) in [7, 11) is -0.739. The third-order valence-corrected chi connectivity index (χ3v) is 4.56. The van der Waals surface area contributed by atoms with E-state index in [-0.39, 0.29) is 0 Å². The number of carbonyl (C=O) groups excluding carboxylic acids is 2. The van der Waals surface area contributed by atoms with Crippen molar-refractivity contribution in [3.05, 3.63) is 83.9 Å². The Morgan fingerprint density at radius 3 is 1.83 bits per heavy atom. The van der Waals surface area contributed by atoms with Crippen molar-refractivity contribution in [2.45, 2.75) is 19.4 Å². The zero-order valence-corrected chi connectivity index (χ0v) is 21.9. The smallest absolute Gasteiger partial charge is 0.319 e. The topological polar surface area (TPSA) is 104 Å². The molecule has 188 valence electrons. The molecule has 0 saturated heterocycles. The average molecular weight is 518 g/mol. The number of carbonyl (C=O) groups is 2. The molecule has 35 heavy (non-hydrogen) atoms. The summed E-state index contributed by atoms with van der Waals surface area (Å²) < 4.78 is 19.3. The molecule has 0 radical (unpaired) electrons. The van der Waals surface area contributed by atoms with Gasteiger partial charge in [-0.05, 0) is 53.9 Å². The van der Waals surface area contributed by atoms with Crippen LogP contribution in [-0.4, -0.2) is 46.3 Å². The average Bonchev–Trinajstić information content (AvgIpc) is 2.84. The molecule has 3 rings (SSSR count). The van der Waals surface area contributed by atoms with Gasteiger partial charge in [-0.3, -0.25) is 0 Å². The maximum absolute atomic E-state index is 11.4.